The molecule has 156 valence electrons. The van der Waals surface area contributed by atoms with Gasteiger partial charge < -0.3 is 14.8 Å². The minimum atomic E-state index is 0.506. The number of anilines is 1. The maximum absolute atomic E-state index is 6.22. The van der Waals surface area contributed by atoms with Crippen LogP contribution in [0.4, 0.5) is 5.69 Å². The van der Waals surface area contributed by atoms with Gasteiger partial charge in [-0.05, 0) is 54.7 Å². The van der Waals surface area contributed by atoms with Crippen LogP contribution in [0.3, 0.4) is 0 Å². The summed E-state index contributed by atoms with van der Waals surface area (Å²) in [5.41, 5.74) is 5.87. The molecule has 3 rings (SSSR count). The van der Waals surface area contributed by atoms with E-state index in [0.29, 0.717) is 13.2 Å². The van der Waals surface area contributed by atoms with Crippen LogP contribution in [0.15, 0.2) is 79.4 Å². The van der Waals surface area contributed by atoms with Gasteiger partial charge in [-0.3, -0.25) is 0 Å². The monoisotopic (exact) mass is 401 g/mol. The van der Waals surface area contributed by atoms with Crippen LogP contribution in [-0.4, -0.2) is 6.61 Å². The summed E-state index contributed by atoms with van der Waals surface area (Å²) in [4.78, 5) is 0. The van der Waals surface area contributed by atoms with Crippen molar-refractivity contribution < 1.29 is 9.47 Å². The van der Waals surface area contributed by atoms with Crippen molar-refractivity contribution in [2.45, 2.75) is 39.8 Å². The van der Waals surface area contributed by atoms with Gasteiger partial charge >= 0.3 is 0 Å². The van der Waals surface area contributed by atoms with Crippen molar-refractivity contribution in [3.8, 4) is 11.5 Å². The number of benzene rings is 3. The van der Waals surface area contributed by atoms with E-state index in [0.717, 1.165) is 47.6 Å². The Bertz CT molecular complexity index is 950. The highest BCUT2D eigenvalue weighted by molar-refractivity contribution is 5.54. The molecule has 3 heteroatoms. The Balaban J connectivity index is 1.84. The summed E-state index contributed by atoms with van der Waals surface area (Å²) in [5, 5.41) is 3.57. The Morgan fingerprint density at radius 1 is 0.867 bits per heavy atom. The SMILES string of the molecule is C=CCc1cc(CNc2ccccc2CC)cc(OCC)c1OCc1ccccc1. The summed E-state index contributed by atoms with van der Waals surface area (Å²) in [6.07, 6.45) is 3.63. The topological polar surface area (TPSA) is 30.5 Å². The van der Waals surface area contributed by atoms with E-state index < -0.39 is 0 Å². The highest BCUT2D eigenvalue weighted by Crippen LogP contribution is 2.35. The number of para-hydroxylation sites is 1. The molecule has 0 radical (unpaired) electrons. The van der Waals surface area contributed by atoms with Gasteiger partial charge in [0.15, 0.2) is 11.5 Å². The van der Waals surface area contributed by atoms with Crippen LogP contribution in [-0.2, 0) is 26.0 Å². The predicted octanol–water partition coefficient (Wildman–Crippen LogP) is 6.57. The maximum atomic E-state index is 6.22. The van der Waals surface area contributed by atoms with E-state index in [-0.39, 0.29) is 0 Å². The molecule has 0 atom stereocenters. The van der Waals surface area contributed by atoms with E-state index >= 15 is 0 Å². The van der Waals surface area contributed by atoms with Gasteiger partial charge in [0.25, 0.3) is 0 Å². The zero-order valence-corrected chi connectivity index (χ0v) is 18.0. The van der Waals surface area contributed by atoms with Crippen molar-refractivity contribution >= 4 is 5.69 Å². The van der Waals surface area contributed by atoms with E-state index in [1.807, 2.05) is 31.2 Å². The first kappa shape index (κ1) is 21.5. The molecule has 0 saturated heterocycles. The number of aryl methyl sites for hydroxylation is 1. The molecule has 0 fully saturated rings. The molecule has 30 heavy (non-hydrogen) atoms. The zero-order chi connectivity index (χ0) is 21.2. The summed E-state index contributed by atoms with van der Waals surface area (Å²) >= 11 is 0. The molecule has 3 aromatic carbocycles. The number of rotatable bonds is 11. The molecule has 0 amide bonds. The van der Waals surface area contributed by atoms with Crippen LogP contribution in [0.1, 0.15) is 36.1 Å². The third-order valence-corrected chi connectivity index (χ3v) is 4.96. The van der Waals surface area contributed by atoms with Crippen LogP contribution < -0.4 is 14.8 Å². The summed E-state index contributed by atoms with van der Waals surface area (Å²) < 4.78 is 12.2. The van der Waals surface area contributed by atoms with Gasteiger partial charge in [-0.15, -0.1) is 6.58 Å². The molecule has 0 unspecified atom stereocenters. The molecule has 1 N–H and O–H groups in total. The Labute approximate surface area is 180 Å². The Morgan fingerprint density at radius 3 is 2.37 bits per heavy atom. The second-order valence-corrected chi connectivity index (χ2v) is 7.15. The van der Waals surface area contributed by atoms with Gasteiger partial charge in [0.2, 0.25) is 0 Å². The number of hydrogen-bond acceptors (Lipinski definition) is 3. The molecule has 0 aliphatic heterocycles. The standard InChI is InChI=1S/C27H31NO2/c1-4-12-24-17-22(19-28-25-16-11-10-15-23(25)5-2)18-26(29-6-3)27(24)30-20-21-13-8-7-9-14-21/h4,7-11,13-18,28H,1,5-6,12,19-20H2,2-3H3. The minimum Gasteiger partial charge on any atom is -0.490 e. The van der Waals surface area contributed by atoms with Crippen molar-refractivity contribution in [2.75, 3.05) is 11.9 Å². The quantitative estimate of drug-likeness (QED) is 0.369. The molecule has 0 aliphatic carbocycles. The third kappa shape index (κ3) is 5.66. The molecule has 3 nitrogen and oxygen atoms in total. The Morgan fingerprint density at radius 2 is 1.63 bits per heavy atom. The highest BCUT2D eigenvalue weighted by atomic mass is 16.5. The van der Waals surface area contributed by atoms with Gasteiger partial charge in [-0.25, -0.2) is 0 Å². The Kier molecular flexibility index (Phi) is 7.96. The van der Waals surface area contributed by atoms with Crippen molar-refractivity contribution in [2.24, 2.45) is 0 Å². The number of ether oxygens (including phenoxy) is 2. The summed E-state index contributed by atoms with van der Waals surface area (Å²) in [7, 11) is 0. The average Bonchev–Trinajstić information content (AvgIpc) is 2.78. The lowest BCUT2D eigenvalue weighted by molar-refractivity contribution is 0.267. The minimum absolute atomic E-state index is 0.506. The van der Waals surface area contributed by atoms with Crippen LogP contribution in [0, 0.1) is 0 Å². The van der Waals surface area contributed by atoms with E-state index in [9.17, 15) is 0 Å². The molecular formula is C27H31NO2. The van der Waals surface area contributed by atoms with E-state index in [4.69, 9.17) is 9.47 Å². The van der Waals surface area contributed by atoms with Gasteiger partial charge in [0, 0.05) is 17.8 Å². The van der Waals surface area contributed by atoms with Crippen LogP contribution in [0.2, 0.25) is 0 Å². The first-order valence-corrected chi connectivity index (χ1v) is 10.6. The molecule has 0 heterocycles. The lowest BCUT2D eigenvalue weighted by atomic mass is 10.0. The van der Waals surface area contributed by atoms with Crippen LogP contribution >= 0.6 is 0 Å². The molecule has 0 bridgehead atoms. The maximum Gasteiger partial charge on any atom is 0.165 e. The van der Waals surface area contributed by atoms with Crippen molar-refractivity contribution in [3.05, 3.63) is 102 Å². The fraction of sp³-hybridized carbons (Fsp3) is 0.259. The number of allylic oxidation sites excluding steroid dienone is 1. The van der Waals surface area contributed by atoms with Gasteiger partial charge in [0.1, 0.15) is 6.61 Å². The van der Waals surface area contributed by atoms with Crippen molar-refractivity contribution in [1.29, 1.82) is 0 Å². The summed E-state index contributed by atoms with van der Waals surface area (Å²) in [6.45, 7) is 9.91. The molecular weight excluding hydrogens is 370 g/mol. The molecule has 0 saturated carbocycles. The zero-order valence-electron chi connectivity index (χ0n) is 18.0. The fourth-order valence-corrected chi connectivity index (χ4v) is 3.49. The lowest BCUT2D eigenvalue weighted by Gasteiger charge is -2.18. The van der Waals surface area contributed by atoms with Crippen molar-refractivity contribution in [1.82, 2.24) is 0 Å². The van der Waals surface area contributed by atoms with E-state index in [1.165, 1.54) is 11.3 Å². The van der Waals surface area contributed by atoms with Gasteiger partial charge in [-0.2, -0.15) is 0 Å². The highest BCUT2D eigenvalue weighted by Gasteiger charge is 2.14. The summed E-state index contributed by atoms with van der Waals surface area (Å²) in [5.74, 6) is 1.59. The molecule has 0 aromatic heterocycles. The molecule has 0 aliphatic rings. The Hall–Kier alpha value is -3.20. The van der Waals surface area contributed by atoms with Gasteiger partial charge in [0.05, 0.1) is 6.61 Å². The van der Waals surface area contributed by atoms with Crippen LogP contribution in [0.25, 0.3) is 0 Å². The summed E-state index contributed by atoms with van der Waals surface area (Å²) in [6, 6.07) is 22.9. The van der Waals surface area contributed by atoms with Crippen molar-refractivity contribution in [3.63, 3.8) is 0 Å². The number of hydrogen-bond donors (Lipinski definition) is 1. The average molecular weight is 402 g/mol. The lowest BCUT2D eigenvalue weighted by Crippen LogP contribution is -2.06. The fourth-order valence-electron chi connectivity index (χ4n) is 3.49. The van der Waals surface area contributed by atoms with E-state index in [1.54, 1.807) is 0 Å². The van der Waals surface area contributed by atoms with Crippen LogP contribution in [0.5, 0.6) is 11.5 Å². The first-order chi connectivity index (χ1) is 14.7. The molecule has 0 spiro atoms. The molecule has 3 aromatic rings. The second kappa shape index (κ2) is 11.1. The predicted molar refractivity (Wildman–Crippen MR) is 125 cm³/mol. The smallest absolute Gasteiger partial charge is 0.165 e. The third-order valence-electron chi connectivity index (χ3n) is 4.96. The first-order valence-electron chi connectivity index (χ1n) is 10.6. The van der Waals surface area contributed by atoms with E-state index in [2.05, 4.69) is 67.4 Å². The largest absolute Gasteiger partial charge is 0.490 e. The normalized spacial score (nSPS) is 10.5. The second-order valence-electron chi connectivity index (χ2n) is 7.15. The number of nitrogens with one attached hydrogen (secondary N) is 1. The van der Waals surface area contributed by atoms with Gasteiger partial charge in [-0.1, -0.05) is 61.5 Å².